The first-order chi connectivity index (χ1) is 9.46. The summed E-state index contributed by atoms with van der Waals surface area (Å²) in [4.78, 5) is 14.5. The third kappa shape index (κ3) is 4.19. The number of sulfonamides is 1. The number of carbonyl (C=O) groups is 1. The lowest BCUT2D eigenvalue weighted by atomic mass is 9.91. The molecule has 0 radical (unpaired) electrons. The number of carboxylic acids is 1. The third-order valence-corrected chi connectivity index (χ3v) is 4.90. The second-order valence-corrected chi connectivity index (χ2v) is 6.92. The fourth-order valence-electron chi connectivity index (χ4n) is 2.50. The Balaban J connectivity index is 2.03. The number of anilines is 1. The highest BCUT2D eigenvalue weighted by Crippen LogP contribution is 2.25. The van der Waals surface area contributed by atoms with Crippen molar-refractivity contribution >= 4 is 21.7 Å². The number of hydrogen-bond donors (Lipinski definition) is 2. The third-order valence-electron chi connectivity index (χ3n) is 3.44. The van der Waals surface area contributed by atoms with E-state index in [1.54, 1.807) is 0 Å². The Morgan fingerprint density at radius 3 is 2.65 bits per heavy atom. The van der Waals surface area contributed by atoms with E-state index in [1.807, 2.05) is 0 Å². The van der Waals surface area contributed by atoms with Crippen molar-refractivity contribution in [2.24, 2.45) is 5.92 Å². The maximum absolute atomic E-state index is 12.1. The molecule has 110 valence electrons. The lowest BCUT2D eigenvalue weighted by Gasteiger charge is -2.21. The summed E-state index contributed by atoms with van der Waals surface area (Å²) in [6, 6.07) is 1.27. The average Bonchev–Trinajstić information content (AvgIpc) is 2.39. The Kier molecular flexibility index (Phi) is 4.59. The molecule has 0 bridgehead atoms. The molecule has 0 atom stereocenters. The summed E-state index contributed by atoms with van der Waals surface area (Å²) < 4.78 is 26.5. The minimum Gasteiger partial charge on any atom is -0.478 e. The van der Waals surface area contributed by atoms with Crippen LogP contribution >= 0.6 is 0 Å². The zero-order valence-corrected chi connectivity index (χ0v) is 11.9. The first-order valence-electron chi connectivity index (χ1n) is 6.65. The van der Waals surface area contributed by atoms with Crippen LogP contribution in [0.25, 0.3) is 0 Å². The molecule has 1 aromatic heterocycles. The van der Waals surface area contributed by atoms with Crippen molar-refractivity contribution in [3.8, 4) is 0 Å². The van der Waals surface area contributed by atoms with E-state index in [0.29, 0.717) is 0 Å². The van der Waals surface area contributed by atoms with Crippen molar-refractivity contribution in [3.05, 3.63) is 24.0 Å². The highest BCUT2D eigenvalue weighted by atomic mass is 32.2. The van der Waals surface area contributed by atoms with E-state index in [0.717, 1.165) is 25.7 Å². The van der Waals surface area contributed by atoms with Crippen LogP contribution in [0, 0.1) is 5.92 Å². The van der Waals surface area contributed by atoms with Crippen molar-refractivity contribution in [1.29, 1.82) is 0 Å². The normalized spacial score (nSPS) is 16.8. The Labute approximate surface area is 118 Å². The minimum absolute atomic E-state index is 0.0390. The zero-order chi connectivity index (χ0) is 14.6. The van der Waals surface area contributed by atoms with Gasteiger partial charge >= 0.3 is 5.97 Å². The predicted octanol–water partition coefficient (Wildman–Crippen LogP) is 2.10. The molecule has 1 fully saturated rings. The number of carboxylic acid groups (broad SMARTS) is 1. The van der Waals surface area contributed by atoms with Gasteiger partial charge in [-0.3, -0.25) is 9.71 Å². The molecule has 1 aromatic rings. The van der Waals surface area contributed by atoms with Gasteiger partial charge in [-0.2, -0.15) is 0 Å². The number of nitrogens with zero attached hydrogens (tertiary/aromatic N) is 1. The van der Waals surface area contributed by atoms with Crippen LogP contribution in [0.1, 0.15) is 42.5 Å². The van der Waals surface area contributed by atoms with Crippen molar-refractivity contribution in [1.82, 2.24) is 4.98 Å². The number of hydrogen-bond acceptors (Lipinski definition) is 4. The first kappa shape index (κ1) is 14.8. The molecule has 2 N–H and O–H groups in total. The minimum atomic E-state index is -3.46. The molecule has 20 heavy (non-hydrogen) atoms. The summed E-state index contributed by atoms with van der Waals surface area (Å²) in [5.41, 5.74) is 0.156. The lowest BCUT2D eigenvalue weighted by Crippen LogP contribution is -2.24. The van der Waals surface area contributed by atoms with E-state index in [9.17, 15) is 13.2 Å². The van der Waals surface area contributed by atoms with Gasteiger partial charge in [-0.05, 0) is 24.8 Å². The molecule has 0 spiro atoms. The summed E-state index contributed by atoms with van der Waals surface area (Å²) in [7, 11) is -3.46. The molecule has 6 nitrogen and oxygen atoms in total. The fraction of sp³-hybridized carbons (Fsp3) is 0.538. The van der Waals surface area contributed by atoms with E-state index >= 15 is 0 Å². The van der Waals surface area contributed by atoms with Gasteiger partial charge in [0.2, 0.25) is 10.0 Å². The fourth-order valence-corrected chi connectivity index (χ4v) is 4.01. The van der Waals surface area contributed by atoms with Gasteiger partial charge in [0.15, 0.2) is 0 Å². The van der Waals surface area contributed by atoms with Gasteiger partial charge in [0.1, 0.15) is 0 Å². The molecule has 7 heteroatoms. The standard InChI is InChI=1S/C13H18N2O4S/c16-13(17)11-6-12(8-14-7-11)15-20(18,19)9-10-4-2-1-3-5-10/h6-8,10,15H,1-5,9H2,(H,16,17). The zero-order valence-electron chi connectivity index (χ0n) is 11.1. The molecule has 0 amide bonds. The maximum Gasteiger partial charge on any atom is 0.337 e. The second-order valence-electron chi connectivity index (χ2n) is 5.15. The number of pyridine rings is 1. The van der Waals surface area contributed by atoms with Gasteiger partial charge in [-0.15, -0.1) is 0 Å². The van der Waals surface area contributed by atoms with Crippen molar-refractivity contribution in [3.63, 3.8) is 0 Å². The number of rotatable bonds is 5. The predicted molar refractivity (Wildman–Crippen MR) is 75.2 cm³/mol. The molecule has 0 unspecified atom stereocenters. The second kappa shape index (κ2) is 6.21. The van der Waals surface area contributed by atoms with Crippen LogP contribution in [0.4, 0.5) is 5.69 Å². The van der Waals surface area contributed by atoms with Crippen LogP contribution in [0.5, 0.6) is 0 Å². The van der Waals surface area contributed by atoms with Crippen molar-refractivity contribution < 1.29 is 18.3 Å². The van der Waals surface area contributed by atoms with Gasteiger partial charge < -0.3 is 5.11 Å². The summed E-state index contributed by atoms with van der Waals surface area (Å²) in [6.45, 7) is 0. The lowest BCUT2D eigenvalue weighted by molar-refractivity contribution is 0.0696. The van der Waals surface area contributed by atoms with Crippen molar-refractivity contribution in [2.75, 3.05) is 10.5 Å². The molecule has 0 aromatic carbocycles. The first-order valence-corrected chi connectivity index (χ1v) is 8.30. The van der Waals surface area contributed by atoms with Crippen LogP contribution in [-0.4, -0.2) is 30.2 Å². The van der Waals surface area contributed by atoms with E-state index in [2.05, 4.69) is 9.71 Å². The largest absolute Gasteiger partial charge is 0.478 e. The summed E-state index contributed by atoms with van der Waals surface area (Å²) in [5, 5.41) is 8.85. The smallest absolute Gasteiger partial charge is 0.337 e. The van der Waals surface area contributed by atoms with Crippen LogP contribution in [0.15, 0.2) is 18.5 Å². The summed E-state index contributed by atoms with van der Waals surface area (Å²) in [6.07, 6.45) is 7.70. The molecule has 1 heterocycles. The molecule has 0 saturated heterocycles. The Morgan fingerprint density at radius 2 is 2.00 bits per heavy atom. The average molecular weight is 298 g/mol. The number of aromatic nitrogens is 1. The summed E-state index contributed by atoms with van der Waals surface area (Å²) >= 11 is 0. The highest BCUT2D eigenvalue weighted by Gasteiger charge is 2.21. The van der Waals surface area contributed by atoms with Crippen LogP contribution in [-0.2, 0) is 10.0 Å². The Bertz CT molecular complexity index is 580. The van der Waals surface area contributed by atoms with Gasteiger partial charge in [-0.25, -0.2) is 13.2 Å². The molecule has 1 saturated carbocycles. The molecule has 1 aliphatic carbocycles. The van der Waals surface area contributed by atoms with E-state index in [-0.39, 0.29) is 22.9 Å². The van der Waals surface area contributed by atoms with Crippen LogP contribution in [0.2, 0.25) is 0 Å². The van der Waals surface area contributed by atoms with Crippen LogP contribution < -0.4 is 4.72 Å². The highest BCUT2D eigenvalue weighted by molar-refractivity contribution is 7.92. The molecule has 2 rings (SSSR count). The van der Waals surface area contributed by atoms with Gasteiger partial charge in [0.25, 0.3) is 0 Å². The van der Waals surface area contributed by atoms with E-state index in [4.69, 9.17) is 5.11 Å². The van der Waals surface area contributed by atoms with Gasteiger partial charge in [-0.1, -0.05) is 19.3 Å². The maximum atomic E-state index is 12.1. The quantitative estimate of drug-likeness (QED) is 0.867. The Morgan fingerprint density at radius 1 is 1.30 bits per heavy atom. The van der Waals surface area contributed by atoms with E-state index < -0.39 is 16.0 Å². The number of nitrogens with one attached hydrogen (secondary N) is 1. The van der Waals surface area contributed by atoms with E-state index in [1.165, 1.54) is 24.9 Å². The SMILES string of the molecule is O=C(O)c1cncc(NS(=O)(=O)CC2CCCCC2)c1. The molecule has 0 aliphatic heterocycles. The van der Waals surface area contributed by atoms with Crippen molar-refractivity contribution in [2.45, 2.75) is 32.1 Å². The molecular weight excluding hydrogens is 280 g/mol. The topological polar surface area (TPSA) is 96.4 Å². The van der Waals surface area contributed by atoms with Gasteiger partial charge in [0, 0.05) is 6.20 Å². The molecular formula is C13H18N2O4S. The number of aromatic carboxylic acids is 1. The molecule has 1 aliphatic rings. The Hall–Kier alpha value is -1.63. The monoisotopic (exact) mass is 298 g/mol. The summed E-state index contributed by atoms with van der Waals surface area (Å²) in [5.74, 6) is -0.854. The van der Waals surface area contributed by atoms with Crippen LogP contribution in [0.3, 0.4) is 0 Å². The van der Waals surface area contributed by atoms with Gasteiger partial charge in [0.05, 0.1) is 23.2 Å².